The topological polar surface area (TPSA) is 105 Å². The predicted molar refractivity (Wildman–Crippen MR) is 226 cm³/mol. The number of unbranched alkanes of at least 4 members (excludes halogenated alkanes) is 30. The van der Waals surface area contributed by atoms with E-state index in [4.69, 9.17) is 18.9 Å². The number of hydrogen-bond donors (Lipinski definition) is 0. The molecule has 0 aromatic heterocycles. The summed E-state index contributed by atoms with van der Waals surface area (Å²) in [6.45, 7) is 8.42. The lowest BCUT2D eigenvalue weighted by Crippen LogP contribution is -2.48. The molecule has 0 fully saturated rings. The molecular weight excluding hydrogens is 693 g/mol. The number of ether oxygens (including phenoxy) is 4. The molecule has 55 heavy (non-hydrogen) atoms. The Kier molecular flexibility index (Phi) is 38.5. The zero-order valence-electron chi connectivity index (χ0n) is 36.6. The first-order chi connectivity index (χ1) is 26.8. The maximum Gasteiger partial charge on any atom is 0.351 e. The van der Waals surface area contributed by atoms with Gasteiger partial charge in [-0.25, -0.2) is 4.79 Å². The fourth-order valence-electron chi connectivity index (χ4n) is 7.13. The standard InChI is InChI=1S/C47H88O8/c1-5-8-11-14-17-20-23-26-29-32-35-38-52-44(49)41-47(55-43(4)48,46(51)54-40-37-34-31-28-25-22-19-16-13-10-7-3)42-45(50)53-39-36-33-30-27-24-21-18-15-12-9-6-2/h5-42H2,1-4H3. The molecule has 0 saturated carbocycles. The third-order valence-corrected chi connectivity index (χ3v) is 10.6. The van der Waals surface area contributed by atoms with Crippen molar-refractivity contribution in [1.29, 1.82) is 0 Å². The molecule has 0 N–H and O–H groups in total. The van der Waals surface area contributed by atoms with Crippen LogP contribution < -0.4 is 0 Å². The van der Waals surface area contributed by atoms with E-state index in [-0.39, 0.29) is 19.8 Å². The summed E-state index contributed by atoms with van der Waals surface area (Å²) in [6.07, 6.45) is 37.5. The number of rotatable bonds is 42. The van der Waals surface area contributed by atoms with Gasteiger partial charge in [-0.15, -0.1) is 0 Å². The molecular formula is C47H88O8. The first-order valence-corrected chi connectivity index (χ1v) is 23.5. The lowest BCUT2D eigenvalue weighted by Gasteiger charge is -2.29. The first-order valence-electron chi connectivity index (χ1n) is 23.5. The molecule has 8 nitrogen and oxygen atoms in total. The van der Waals surface area contributed by atoms with Crippen molar-refractivity contribution in [3.05, 3.63) is 0 Å². The number of carbonyl (C=O) groups is 4. The van der Waals surface area contributed by atoms with E-state index in [0.717, 1.165) is 44.9 Å². The highest BCUT2D eigenvalue weighted by atomic mass is 16.6. The van der Waals surface area contributed by atoms with Crippen molar-refractivity contribution in [1.82, 2.24) is 0 Å². The molecule has 0 atom stereocenters. The quantitative estimate of drug-likeness (QED) is 0.0342. The van der Waals surface area contributed by atoms with Crippen LogP contribution in [0.4, 0.5) is 0 Å². The Hall–Kier alpha value is -2.12. The Morgan fingerprint density at radius 1 is 0.345 bits per heavy atom. The Morgan fingerprint density at radius 3 is 0.836 bits per heavy atom. The second-order valence-electron chi connectivity index (χ2n) is 16.1. The zero-order valence-corrected chi connectivity index (χ0v) is 36.6. The van der Waals surface area contributed by atoms with E-state index in [2.05, 4.69) is 20.8 Å². The zero-order chi connectivity index (χ0) is 40.5. The molecule has 0 aromatic rings. The van der Waals surface area contributed by atoms with E-state index in [1.165, 1.54) is 155 Å². The van der Waals surface area contributed by atoms with Crippen LogP contribution in [0.1, 0.15) is 252 Å². The number of carbonyl (C=O) groups excluding carboxylic acids is 4. The first kappa shape index (κ1) is 52.9. The van der Waals surface area contributed by atoms with Crippen LogP contribution in [0.3, 0.4) is 0 Å². The normalized spacial score (nSPS) is 11.4. The van der Waals surface area contributed by atoms with Gasteiger partial charge in [-0.3, -0.25) is 14.4 Å². The van der Waals surface area contributed by atoms with Gasteiger partial charge in [-0.2, -0.15) is 0 Å². The molecule has 8 heteroatoms. The average Bonchev–Trinajstić information content (AvgIpc) is 3.15. The lowest BCUT2D eigenvalue weighted by molar-refractivity contribution is -0.190. The third-order valence-electron chi connectivity index (χ3n) is 10.6. The minimum atomic E-state index is -2.12. The van der Waals surface area contributed by atoms with Gasteiger partial charge in [0.05, 0.1) is 32.7 Å². The smallest absolute Gasteiger partial charge is 0.351 e. The fourth-order valence-corrected chi connectivity index (χ4v) is 7.13. The second-order valence-corrected chi connectivity index (χ2v) is 16.1. The fraction of sp³-hybridized carbons (Fsp3) is 0.915. The summed E-state index contributed by atoms with van der Waals surface area (Å²) in [6, 6.07) is 0. The summed E-state index contributed by atoms with van der Waals surface area (Å²) < 4.78 is 22.1. The van der Waals surface area contributed by atoms with Crippen molar-refractivity contribution in [2.24, 2.45) is 0 Å². The molecule has 0 aliphatic heterocycles. The Bertz CT molecular complexity index is 861. The molecule has 0 saturated heterocycles. The molecule has 0 radical (unpaired) electrons. The van der Waals surface area contributed by atoms with Gasteiger partial charge in [0.1, 0.15) is 0 Å². The minimum absolute atomic E-state index is 0.125. The van der Waals surface area contributed by atoms with Crippen molar-refractivity contribution in [3.63, 3.8) is 0 Å². The van der Waals surface area contributed by atoms with E-state index >= 15 is 0 Å². The SMILES string of the molecule is CCCCCCCCCCCCCOC(=O)CC(CC(=O)OCCCCCCCCCCCCC)(OC(C)=O)C(=O)OCCCCCCCCCCCCC. The summed E-state index contributed by atoms with van der Waals surface area (Å²) in [5.74, 6) is -3.06. The molecule has 0 bridgehead atoms. The molecule has 0 amide bonds. The lowest BCUT2D eigenvalue weighted by atomic mass is 9.95. The van der Waals surface area contributed by atoms with Crippen LogP contribution in [-0.4, -0.2) is 49.3 Å². The monoisotopic (exact) mass is 781 g/mol. The molecule has 0 spiro atoms. The third kappa shape index (κ3) is 34.8. The van der Waals surface area contributed by atoms with Crippen LogP contribution in [0.5, 0.6) is 0 Å². The van der Waals surface area contributed by atoms with E-state index in [1.54, 1.807) is 0 Å². The van der Waals surface area contributed by atoms with Gasteiger partial charge in [0, 0.05) is 6.92 Å². The van der Waals surface area contributed by atoms with Crippen molar-refractivity contribution in [2.75, 3.05) is 19.8 Å². The molecule has 324 valence electrons. The van der Waals surface area contributed by atoms with Crippen molar-refractivity contribution in [2.45, 2.75) is 258 Å². The summed E-state index contributed by atoms with van der Waals surface area (Å²) in [5, 5.41) is 0. The van der Waals surface area contributed by atoms with Gasteiger partial charge < -0.3 is 18.9 Å². The highest BCUT2D eigenvalue weighted by Crippen LogP contribution is 2.26. The van der Waals surface area contributed by atoms with Gasteiger partial charge in [0.2, 0.25) is 5.60 Å². The van der Waals surface area contributed by atoms with Crippen molar-refractivity contribution < 1.29 is 38.1 Å². The van der Waals surface area contributed by atoms with Gasteiger partial charge >= 0.3 is 23.9 Å². The second kappa shape index (κ2) is 40.1. The number of esters is 4. The maximum atomic E-state index is 13.6. The maximum absolute atomic E-state index is 13.6. The highest BCUT2D eigenvalue weighted by Gasteiger charge is 2.48. The Morgan fingerprint density at radius 2 is 0.582 bits per heavy atom. The van der Waals surface area contributed by atoms with Crippen LogP contribution in [0.15, 0.2) is 0 Å². The minimum Gasteiger partial charge on any atom is -0.466 e. The number of hydrogen-bond acceptors (Lipinski definition) is 8. The van der Waals surface area contributed by atoms with Gasteiger partial charge in [-0.05, 0) is 19.3 Å². The summed E-state index contributed by atoms with van der Waals surface area (Å²) >= 11 is 0. The molecule has 0 aliphatic rings. The van der Waals surface area contributed by atoms with Crippen LogP contribution >= 0.6 is 0 Å². The Balaban J connectivity index is 4.90. The summed E-state index contributed by atoms with van der Waals surface area (Å²) in [5.41, 5.74) is -2.12. The molecule has 0 aliphatic carbocycles. The van der Waals surface area contributed by atoms with Gasteiger partial charge in [0.25, 0.3) is 0 Å². The summed E-state index contributed by atoms with van der Waals surface area (Å²) in [7, 11) is 0. The van der Waals surface area contributed by atoms with Crippen LogP contribution in [-0.2, 0) is 38.1 Å². The van der Waals surface area contributed by atoms with E-state index in [1.807, 2.05) is 0 Å². The van der Waals surface area contributed by atoms with Gasteiger partial charge in [-0.1, -0.05) is 213 Å². The molecule has 0 aromatic carbocycles. The van der Waals surface area contributed by atoms with Crippen molar-refractivity contribution >= 4 is 23.9 Å². The summed E-state index contributed by atoms with van der Waals surface area (Å²) in [4.78, 5) is 52.1. The van der Waals surface area contributed by atoms with Crippen LogP contribution in [0.25, 0.3) is 0 Å². The molecule has 0 unspecified atom stereocenters. The Labute approximate surface area is 339 Å². The van der Waals surface area contributed by atoms with Gasteiger partial charge in [0.15, 0.2) is 0 Å². The van der Waals surface area contributed by atoms with Crippen LogP contribution in [0.2, 0.25) is 0 Å². The highest BCUT2D eigenvalue weighted by molar-refractivity contribution is 5.92. The molecule has 0 heterocycles. The van der Waals surface area contributed by atoms with Crippen molar-refractivity contribution in [3.8, 4) is 0 Å². The molecule has 0 rings (SSSR count). The van der Waals surface area contributed by atoms with E-state index < -0.39 is 42.3 Å². The van der Waals surface area contributed by atoms with Crippen LogP contribution in [0, 0.1) is 0 Å². The van der Waals surface area contributed by atoms with E-state index in [0.29, 0.717) is 19.3 Å². The average molecular weight is 781 g/mol. The predicted octanol–water partition coefficient (Wildman–Crippen LogP) is 13.6. The largest absolute Gasteiger partial charge is 0.466 e. The van der Waals surface area contributed by atoms with E-state index in [9.17, 15) is 19.2 Å².